The van der Waals surface area contributed by atoms with Gasteiger partial charge >= 0.3 is 5.97 Å². The minimum atomic E-state index is -0.724. The van der Waals surface area contributed by atoms with Crippen molar-refractivity contribution in [2.75, 3.05) is 6.61 Å². The average molecular weight is 268 g/mol. The number of aliphatic hydroxyl groups is 1. The lowest BCUT2D eigenvalue weighted by Gasteiger charge is -2.26. The van der Waals surface area contributed by atoms with Crippen LogP contribution >= 0.6 is 0 Å². The zero-order chi connectivity index (χ0) is 13.7. The molecule has 0 aromatic heterocycles. The molecule has 2 heterocycles. The summed E-state index contributed by atoms with van der Waals surface area (Å²) < 4.78 is 5.94. The van der Waals surface area contributed by atoms with E-state index in [0.29, 0.717) is 30.5 Å². The Balaban J connectivity index is 1.72. The van der Waals surface area contributed by atoms with Crippen molar-refractivity contribution in [1.29, 1.82) is 0 Å². The summed E-state index contributed by atoms with van der Waals surface area (Å²) in [6, 6.07) is 0. The number of aliphatic hydroxyl groups excluding tert-OH is 1. The van der Waals surface area contributed by atoms with E-state index in [-0.39, 0.29) is 13.0 Å². The molecular formula is C15H24O4. The van der Waals surface area contributed by atoms with Crippen molar-refractivity contribution < 1.29 is 19.7 Å². The van der Waals surface area contributed by atoms with E-state index in [0.717, 1.165) is 32.1 Å². The molecule has 0 aliphatic carbocycles. The lowest BCUT2D eigenvalue weighted by molar-refractivity contribution is -0.137. The number of allylic oxidation sites excluding steroid dienone is 2. The van der Waals surface area contributed by atoms with E-state index < -0.39 is 5.97 Å². The van der Waals surface area contributed by atoms with Crippen molar-refractivity contribution >= 4 is 5.97 Å². The second-order valence-electron chi connectivity index (χ2n) is 5.62. The van der Waals surface area contributed by atoms with Crippen LogP contribution in [0.25, 0.3) is 0 Å². The fraction of sp³-hybridized carbons (Fsp3) is 0.800. The molecule has 2 bridgehead atoms. The van der Waals surface area contributed by atoms with E-state index in [4.69, 9.17) is 14.9 Å². The number of hydrogen-bond donors (Lipinski definition) is 2. The van der Waals surface area contributed by atoms with Crippen molar-refractivity contribution in [3.8, 4) is 0 Å². The number of fused-ring (bicyclic) bond motifs is 2. The highest BCUT2D eigenvalue weighted by molar-refractivity contribution is 5.66. The number of unbranched alkanes of at least 4 members (excludes halogenated alkanes) is 1. The number of hydrogen-bond acceptors (Lipinski definition) is 3. The van der Waals surface area contributed by atoms with E-state index in [2.05, 4.69) is 12.2 Å². The second-order valence-corrected chi connectivity index (χ2v) is 5.62. The van der Waals surface area contributed by atoms with Crippen molar-refractivity contribution in [2.45, 2.75) is 57.2 Å². The molecule has 2 aliphatic rings. The molecule has 0 spiro atoms. The van der Waals surface area contributed by atoms with E-state index in [1.165, 1.54) is 0 Å². The smallest absolute Gasteiger partial charge is 0.303 e. The molecule has 0 aromatic carbocycles. The monoisotopic (exact) mass is 268 g/mol. The van der Waals surface area contributed by atoms with Gasteiger partial charge in [-0.15, -0.1) is 0 Å². The third kappa shape index (κ3) is 3.80. The van der Waals surface area contributed by atoms with Gasteiger partial charge in [-0.1, -0.05) is 12.2 Å². The molecular weight excluding hydrogens is 244 g/mol. The van der Waals surface area contributed by atoms with Crippen molar-refractivity contribution in [2.24, 2.45) is 11.8 Å². The van der Waals surface area contributed by atoms with Gasteiger partial charge in [-0.2, -0.15) is 0 Å². The normalized spacial score (nSPS) is 33.3. The van der Waals surface area contributed by atoms with E-state index >= 15 is 0 Å². The van der Waals surface area contributed by atoms with Crippen molar-refractivity contribution in [3.63, 3.8) is 0 Å². The summed E-state index contributed by atoms with van der Waals surface area (Å²) in [5.74, 6) is 0.326. The Morgan fingerprint density at radius 2 is 1.95 bits per heavy atom. The van der Waals surface area contributed by atoms with E-state index in [9.17, 15) is 4.79 Å². The van der Waals surface area contributed by atoms with Gasteiger partial charge in [0.1, 0.15) is 0 Å². The molecule has 4 nitrogen and oxygen atoms in total. The molecule has 0 saturated carbocycles. The first-order chi connectivity index (χ1) is 9.22. The van der Waals surface area contributed by atoms with Crippen LogP contribution in [0.3, 0.4) is 0 Å². The zero-order valence-electron chi connectivity index (χ0n) is 11.3. The molecule has 2 fully saturated rings. The van der Waals surface area contributed by atoms with Gasteiger partial charge in [-0.05, 0) is 50.4 Å². The van der Waals surface area contributed by atoms with Crippen LogP contribution in [0.15, 0.2) is 12.2 Å². The molecule has 0 amide bonds. The molecule has 2 aliphatic heterocycles. The summed E-state index contributed by atoms with van der Waals surface area (Å²) in [5, 5.41) is 17.7. The summed E-state index contributed by atoms with van der Waals surface area (Å²) in [6.45, 7) is 0.246. The van der Waals surface area contributed by atoms with Crippen LogP contribution in [0.1, 0.15) is 44.9 Å². The SMILES string of the molecule is O=C(O)CCC/C=C\C[C@H]1[C@@H](CCO)[C@H]2CC[C@@H]1O2. The molecule has 2 rings (SSSR count). The summed E-state index contributed by atoms with van der Waals surface area (Å²) in [4.78, 5) is 10.4. The first-order valence-corrected chi connectivity index (χ1v) is 7.35. The standard InChI is InChI=1S/C15H24O4/c16-10-9-12-11(13-7-8-14(12)19-13)5-3-1-2-4-6-15(17)18/h1,3,11-14,16H,2,4-10H2,(H,17,18)/b3-1-/t11-,12+,13-,14+/m0/s1. The number of carboxylic acid groups (broad SMARTS) is 1. The molecule has 0 radical (unpaired) electrons. The summed E-state index contributed by atoms with van der Waals surface area (Å²) >= 11 is 0. The van der Waals surface area contributed by atoms with Crippen LogP contribution in [0.4, 0.5) is 0 Å². The summed E-state index contributed by atoms with van der Waals surface area (Å²) in [7, 11) is 0. The number of carboxylic acids is 1. The van der Waals surface area contributed by atoms with Crippen LogP contribution < -0.4 is 0 Å². The maximum atomic E-state index is 10.4. The highest BCUT2D eigenvalue weighted by Crippen LogP contribution is 2.46. The molecule has 2 saturated heterocycles. The predicted octanol–water partition coefficient (Wildman–Crippen LogP) is 2.36. The van der Waals surface area contributed by atoms with Gasteiger partial charge in [-0.3, -0.25) is 4.79 Å². The van der Waals surface area contributed by atoms with Gasteiger partial charge in [0.15, 0.2) is 0 Å². The quantitative estimate of drug-likeness (QED) is 0.524. The van der Waals surface area contributed by atoms with Gasteiger partial charge in [0.05, 0.1) is 12.2 Å². The van der Waals surface area contributed by atoms with Gasteiger partial charge in [0.2, 0.25) is 0 Å². The van der Waals surface area contributed by atoms with Crippen LogP contribution in [0.5, 0.6) is 0 Å². The molecule has 0 aromatic rings. The Kier molecular flexibility index (Phi) is 5.40. The molecule has 108 valence electrons. The summed E-state index contributed by atoms with van der Waals surface area (Å²) in [5.41, 5.74) is 0. The molecule has 2 N–H and O–H groups in total. The lowest BCUT2D eigenvalue weighted by atomic mass is 9.76. The van der Waals surface area contributed by atoms with Gasteiger partial charge in [-0.25, -0.2) is 0 Å². The Labute approximate surface area is 114 Å². The number of rotatable bonds is 8. The van der Waals surface area contributed by atoms with Gasteiger partial charge in [0.25, 0.3) is 0 Å². The van der Waals surface area contributed by atoms with E-state index in [1.807, 2.05) is 0 Å². The van der Waals surface area contributed by atoms with Crippen LogP contribution in [-0.4, -0.2) is 35.0 Å². The maximum Gasteiger partial charge on any atom is 0.303 e. The fourth-order valence-electron chi connectivity index (χ4n) is 3.49. The Morgan fingerprint density at radius 3 is 2.63 bits per heavy atom. The Morgan fingerprint density at radius 1 is 1.21 bits per heavy atom. The Hall–Kier alpha value is -0.870. The van der Waals surface area contributed by atoms with E-state index in [1.54, 1.807) is 0 Å². The fourth-order valence-corrected chi connectivity index (χ4v) is 3.49. The van der Waals surface area contributed by atoms with Crippen LogP contribution in [0, 0.1) is 11.8 Å². The molecule has 4 heteroatoms. The number of carbonyl (C=O) groups is 1. The maximum absolute atomic E-state index is 10.4. The van der Waals surface area contributed by atoms with Crippen LogP contribution in [-0.2, 0) is 9.53 Å². The third-order valence-electron chi connectivity index (χ3n) is 4.39. The molecule has 4 atom stereocenters. The minimum Gasteiger partial charge on any atom is -0.481 e. The largest absolute Gasteiger partial charge is 0.481 e. The summed E-state index contributed by atoms with van der Waals surface area (Å²) in [6.07, 6.45) is 10.9. The zero-order valence-corrected chi connectivity index (χ0v) is 11.3. The first kappa shape index (κ1) is 14.5. The van der Waals surface area contributed by atoms with Crippen LogP contribution in [0.2, 0.25) is 0 Å². The second kappa shape index (κ2) is 7.06. The molecule has 0 unspecified atom stereocenters. The highest BCUT2D eigenvalue weighted by Gasteiger charge is 2.47. The predicted molar refractivity (Wildman–Crippen MR) is 71.8 cm³/mol. The highest BCUT2D eigenvalue weighted by atomic mass is 16.5. The molecule has 19 heavy (non-hydrogen) atoms. The average Bonchev–Trinajstić information content (AvgIpc) is 2.95. The minimum absolute atomic E-state index is 0.245. The number of aliphatic carboxylic acids is 1. The third-order valence-corrected chi connectivity index (χ3v) is 4.39. The van der Waals surface area contributed by atoms with Crippen molar-refractivity contribution in [3.05, 3.63) is 12.2 Å². The van der Waals surface area contributed by atoms with Gasteiger partial charge < -0.3 is 14.9 Å². The van der Waals surface area contributed by atoms with Crippen molar-refractivity contribution in [1.82, 2.24) is 0 Å². The van der Waals surface area contributed by atoms with Gasteiger partial charge in [0, 0.05) is 13.0 Å². The number of ether oxygens (including phenoxy) is 1. The first-order valence-electron chi connectivity index (χ1n) is 7.35. The topological polar surface area (TPSA) is 66.8 Å². The lowest BCUT2D eigenvalue weighted by Crippen LogP contribution is -2.27. The Bertz CT molecular complexity index is 326.